The van der Waals surface area contributed by atoms with E-state index in [4.69, 9.17) is 9.47 Å². The van der Waals surface area contributed by atoms with Crippen LogP contribution in [0, 0.1) is 17.6 Å². The average Bonchev–Trinajstić information content (AvgIpc) is 3.44. The van der Waals surface area contributed by atoms with Crippen LogP contribution in [-0.4, -0.2) is 62.7 Å². The van der Waals surface area contributed by atoms with Crippen molar-refractivity contribution in [2.24, 2.45) is 5.92 Å². The number of hydrogen-bond acceptors (Lipinski definition) is 6. The van der Waals surface area contributed by atoms with Crippen molar-refractivity contribution < 1.29 is 36.6 Å². The Morgan fingerprint density at radius 2 is 1.85 bits per heavy atom. The first-order valence-corrected chi connectivity index (χ1v) is 14.9. The Kier molecular flexibility index (Phi) is 8.04. The van der Waals surface area contributed by atoms with E-state index in [-0.39, 0.29) is 45.5 Å². The van der Waals surface area contributed by atoms with Crippen molar-refractivity contribution in [3.8, 4) is 22.6 Å². The fraction of sp³-hybridized carbons (Fsp3) is 0.367. The smallest absolute Gasteiger partial charge is 0.338 e. The van der Waals surface area contributed by atoms with Gasteiger partial charge in [-0.05, 0) is 54.7 Å². The molecular formula is C30H32F2N2O6S. The minimum absolute atomic E-state index is 0.00441. The highest BCUT2D eigenvalue weighted by atomic mass is 32.2. The highest BCUT2D eigenvalue weighted by Crippen LogP contribution is 2.45. The Morgan fingerprint density at radius 1 is 1.10 bits per heavy atom. The number of anilines is 1. The standard InChI is InChI=1S/C30H32F2N2O6S/c1-18(2)12-21-16-34(20-10-11-39-17-20)26-15-28(40-27-7-5-4-6-25(27)32)22(14-29(26)41(37,38)33(21)3)19-8-9-24(31)23(13-19)30(35)36/h4-9,13-15,18,20-21H,10-12,16-17H2,1-3H3,(H,35,36)/t20-,21+/m0/s1. The summed E-state index contributed by atoms with van der Waals surface area (Å²) in [5.41, 5.74) is 0.177. The van der Waals surface area contributed by atoms with E-state index < -0.39 is 33.2 Å². The van der Waals surface area contributed by atoms with E-state index in [9.17, 15) is 27.1 Å². The number of para-hydroxylation sites is 1. The Bertz CT molecular complexity index is 1570. The number of carbonyl (C=O) groups is 1. The summed E-state index contributed by atoms with van der Waals surface area (Å²) in [5, 5.41) is 9.54. The molecule has 3 aromatic carbocycles. The predicted octanol–water partition coefficient (Wildman–Crippen LogP) is 5.77. The van der Waals surface area contributed by atoms with Gasteiger partial charge in [0.2, 0.25) is 10.0 Å². The van der Waals surface area contributed by atoms with E-state index in [0.29, 0.717) is 38.3 Å². The van der Waals surface area contributed by atoms with Gasteiger partial charge in [0.1, 0.15) is 16.5 Å². The molecule has 0 spiro atoms. The van der Waals surface area contributed by atoms with Crippen LogP contribution in [0.25, 0.3) is 11.1 Å². The lowest BCUT2D eigenvalue weighted by molar-refractivity contribution is 0.0692. The Labute approximate surface area is 238 Å². The number of halogens is 2. The molecule has 2 aliphatic rings. The number of likely N-dealkylation sites (N-methyl/N-ethyl adjacent to an activating group) is 1. The van der Waals surface area contributed by atoms with Crippen LogP contribution < -0.4 is 9.64 Å². The molecular weight excluding hydrogens is 554 g/mol. The number of aromatic carboxylic acids is 1. The number of benzene rings is 3. The van der Waals surface area contributed by atoms with Crippen LogP contribution >= 0.6 is 0 Å². The van der Waals surface area contributed by atoms with Gasteiger partial charge in [0, 0.05) is 37.9 Å². The summed E-state index contributed by atoms with van der Waals surface area (Å²) in [7, 11) is -2.49. The number of sulfonamides is 1. The maximum atomic E-state index is 14.7. The summed E-state index contributed by atoms with van der Waals surface area (Å²) in [4.78, 5) is 13.7. The lowest BCUT2D eigenvalue weighted by Crippen LogP contribution is -2.46. The first kappa shape index (κ1) is 29.0. The molecule has 0 amide bonds. The van der Waals surface area contributed by atoms with Crippen LogP contribution in [0.3, 0.4) is 0 Å². The molecule has 8 nitrogen and oxygen atoms in total. The van der Waals surface area contributed by atoms with E-state index in [1.54, 1.807) is 19.2 Å². The number of ether oxygens (including phenoxy) is 2. The second kappa shape index (κ2) is 11.4. The molecule has 41 heavy (non-hydrogen) atoms. The van der Waals surface area contributed by atoms with Crippen LogP contribution in [0.1, 0.15) is 37.0 Å². The third kappa shape index (κ3) is 5.66. The fourth-order valence-electron chi connectivity index (χ4n) is 5.47. The van der Waals surface area contributed by atoms with Gasteiger partial charge in [0.05, 0.1) is 23.9 Å². The third-order valence-electron chi connectivity index (χ3n) is 7.60. The molecule has 2 atom stereocenters. The van der Waals surface area contributed by atoms with Crippen LogP contribution in [0.4, 0.5) is 14.5 Å². The minimum Gasteiger partial charge on any atom is -0.478 e. The average molecular weight is 587 g/mol. The topological polar surface area (TPSA) is 96.4 Å². The van der Waals surface area contributed by atoms with Crippen LogP contribution in [0.5, 0.6) is 11.5 Å². The Morgan fingerprint density at radius 3 is 2.51 bits per heavy atom. The van der Waals surface area contributed by atoms with E-state index in [1.165, 1.54) is 34.6 Å². The number of hydrogen-bond donors (Lipinski definition) is 1. The molecule has 1 fully saturated rings. The Hall–Kier alpha value is -3.54. The normalized spacial score (nSPS) is 20.6. The molecule has 1 saturated heterocycles. The summed E-state index contributed by atoms with van der Waals surface area (Å²) < 4.78 is 70.4. The molecule has 3 aromatic rings. The molecule has 0 bridgehead atoms. The second-order valence-electron chi connectivity index (χ2n) is 10.8. The zero-order valence-corrected chi connectivity index (χ0v) is 23.8. The first-order valence-electron chi connectivity index (χ1n) is 13.4. The maximum absolute atomic E-state index is 14.7. The summed E-state index contributed by atoms with van der Waals surface area (Å²) in [6.07, 6.45) is 1.32. The van der Waals surface area contributed by atoms with Gasteiger partial charge < -0.3 is 19.5 Å². The van der Waals surface area contributed by atoms with E-state index >= 15 is 0 Å². The summed E-state index contributed by atoms with van der Waals surface area (Å²) in [6.45, 7) is 5.44. The predicted molar refractivity (Wildman–Crippen MR) is 150 cm³/mol. The second-order valence-corrected chi connectivity index (χ2v) is 12.8. The van der Waals surface area contributed by atoms with Crippen LogP contribution in [0.2, 0.25) is 0 Å². The molecule has 0 radical (unpaired) electrons. The number of fused-ring (bicyclic) bond motifs is 1. The zero-order valence-electron chi connectivity index (χ0n) is 23.0. The van der Waals surface area contributed by atoms with Crippen molar-refractivity contribution in [2.75, 3.05) is 31.7 Å². The van der Waals surface area contributed by atoms with Gasteiger partial charge in [-0.25, -0.2) is 22.0 Å². The molecule has 0 unspecified atom stereocenters. The van der Waals surface area contributed by atoms with Gasteiger partial charge in [0.25, 0.3) is 0 Å². The third-order valence-corrected chi connectivity index (χ3v) is 9.54. The summed E-state index contributed by atoms with van der Waals surface area (Å²) in [6, 6.07) is 11.8. The van der Waals surface area contributed by atoms with Crippen molar-refractivity contribution in [3.05, 3.63) is 71.8 Å². The van der Waals surface area contributed by atoms with Crippen molar-refractivity contribution in [1.82, 2.24) is 4.31 Å². The van der Waals surface area contributed by atoms with Gasteiger partial charge in [-0.2, -0.15) is 4.31 Å². The van der Waals surface area contributed by atoms with Gasteiger partial charge in [0.15, 0.2) is 11.6 Å². The quantitative estimate of drug-likeness (QED) is 0.376. The molecule has 11 heteroatoms. The zero-order chi connectivity index (χ0) is 29.5. The van der Waals surface area contributed by atoms with Crippen molar-refractivity contribution in [1.29, 1.82) is 0 Å². The lowest BCUT2D eigenvalue weighted by Gasteiger charge is -2.34. The molecule has 1 N–H and O–H groups in total. The number of nitrogens with zero attached hydrogens (tertiary/aromatic N) is 2. The van der Waals surface area contributed by atoms with Gasteiger partial charge >= 0.3 is 5.97 Å². The highest BCUT2D eigenvalue weighted by molar-refractivity contribution is 7.89. The molecule has 5 rings (SSSR count). The first-order chi connectivity index (χ1) is 19.5. The van der Waals surface area contributed by atoms with Crippen molar-refractivity contribution in [2.45, 2.75) is 43.7 Å². The van der Waals surface area contributed by atoms with Crippen molar-refractivity contribution in [3.63, 3.8) is 0 Å². The SMILES string of the molecule is CC(C)C[C@@H]1CN([C@H]2CCOC2)c2cc(Oc3ccccc3F)c(-c3ccc(F)c(C(=O)O)c3)cc2S(=O)(=O)N1C. The van der Waals surface area contributed by atoms with Crippen molar-refractivity contribution >= 4 is 21.7 Å². The molecule has 0 saturated carbocycles. The molecule has 2 heterocycles. The summed E-state index contributed by atoms with van der Waals surface area (Å²) >= 11 is 0. The minimum atomic E-state index is -4.05. The van der Waals surface area contributed by atoms with Crippen LogP contribution in [-0.2, 0) is 14.8 Å². The molecule has 2 aliphatic heterocycles. The fourth-order valence-corrected chi connectivity index (χ4v) is 7.03. The lowest BCUT2D eigenvalue weighted by atomic mass is 9.99. The van der Waals surface area contributed by atoms with Gasteiger partial charge in [-0.15, -0.1) is 0 Å². The van der Waals surface area contributed by atoms with Crippen LogP contribution in [0.15, 0.2) is 59.5 Å². The number of carboxylic acid groups (broad SMARTS) is 1. The maximum Gasteiger partial charge on any atom is 0.338 e. The van der Waals surface area contributed by atoms with Gasteiger partial charge in [-0.1, -0.05) is 32.0 Å². The molecule has 0 aromatic heterocycles. The van der Waals surface area contributed by atoms with Gasteiger partial charge in [-0.3, -0.25) is 0 Å². The Balaban J connectivity index is 1.77. The highest BCUT2D eigenvalue weighted by Gasteiger charge is 2.40. The monoisotopic (exact) mass is 586 g/mol. The molecule has 218 valence electrons. The van der Waals surface area contributed by atoms with E-state index in [0.717, 1.165) is 12.1 Å². The molecule has 0 aliphatic carbocycles. The summed E-state index contributed by atoms with van der Waals surface area (Å²) in [5.74, 6) is -2.83. The van der Waals surface area contributed by atoms with E-state index in [2.05, 4.69) is 0 Å². The number of rotatable bonds is 7. The largest absolute Gasteiger partial charge is 0.478 e. The van der Waals surface area contributed by atoms with E-state index in [1.807, 2.05) is 18.7 Å². The number of carboxylic acids is 1.